The van der Waals surface area contributed by atoms with Crippen molar-refractivity contribution >= 4 is 34.8 Å². The molecule has 1 heterocycles. The van der Waals surface area contributed by atoms with E-state index in [1.807, 2.05) is 6.92 Å². The average molecular weight is 330 g/mol. The molecule has 0 bridgehead atoms. The van der Waals surface area contributed by atoms with Crippen LogP contribution in [0.4, 0.5) is 5.69 Å². The molecule has 1 aliphatic rings. The molecule has 0 aromatic heterocycles. The van der Waals surface area contributed by atoms with Gasteiger partial charge < -0.3 is 10.2 Å². The van der Waals surface area contributed by atoms with Gasteiger partial charge in [-0.05, 0) is 31.5 Å². The van der Waals surface area contributed by atoms with Crippen molar-refractivity contribution < 1.29 is 9.69 Å². The molecule has 1 amide bonds. The summed E-state index contributed by atoms with van der Waals surface area (Å²) in [5, 5.41) is 3.95. The Hall–Kier alpha value is -0.770. The van der Waals surface area contributed by atoms with E-state index >= 15 is 0 Å². The number of anilines is 1. The van der Waals surface area contributed by atoms with Gasteiger partial charge in [-0.3, -0.25) is 4.79 Å². The van der Waals surface area contributed by atoms with Crippen molar-refractivity contribution in [3.63, 3.8) is 0 Å². The van der Waals surface area contributed by atoms with Crippen molar-refractivity contribution in [3.05, 3.63) is 28.2 Å². The summed E-state index contributed by atoms with van der Waals surface area (Å²) in [5.74, 6) is 1.34. The number of piperidine rings is 1. The first-order valence-corrected chi connectivity index (χ1v) is 8.23. The standard InChI is InChI=1S/C16H22Cl2N2O/c1-10-6-11(2)9-20(8-10)12(3)16(21)19-15-5-4-13(17)7-14(15)18/h4-5,7,10-12H,6,8-9H2,1-3H3,(H,19,21)/p+1/t10-,11-,12-/m0/s1. The fraction of sp³-hybridized carbons (Fsp3) is 0.562. The predicted molar refractivity (Wildman–Crippen MR) is 88.2 cm³/mol. The maximum atomic E-state index is 12.4. The van der Waals surface area contributed by atoms with Gasteiger partial charge in [0, 0.05) is 16.9 Å². The van der Waals surface area contributed by atoms with Gasteiger partial charge in [0.15, 0.2) is 6.04 Å². The van der Waals surface area contributed by atoms with E-state index in [-0.39, 0.29) is 11.9 Å². The molecule has 5 heteroatoms. The summed E-state index contributed by atoms with van der Waals surface area (Å²) in [6.45, 7) is 8.60. The summed E-state index contributed by atoms with van der Waals surface area (Å²) in [4.78, 5) is 13.8. The molecular weight excluding hydrogens is 307 g/mol. The fourth-order valence-electron chi connectivity index (χ4n) is 3.20. The fourth-order valence-corrected chi connectivity index (χ4v) is 3.66. The smallest absolute Gasteiger partial charge is 0.282 e. The highest BCUT2D eigenvalue weighted by Crippen LogP contribution is 2.25. The van der Waals surface area contributed by atoms with Gasteiger partial charge in [-0.1, -0.05) is 37.0 Å². The Labute approximate surface area is 136 Å². The van der Waals surface area contributed by atoms with Crippen molar-refractivity contribution in [1.29, 1.82) is 0 Å². The summed E-state index contributed by atoms with van der Waals surface area (Å²) in [6.07, 6.45) is 1.25. The number of amides is 1. The number of halogens is 2. The van der Waals surface area contributed by atoms with E-state index in [0.717, 1.165) is 13.1 Å². The monoisotopic (exact) mass is 329 g/mol. The Morgan fingerprint density at radius 3 is 2.48 bits per heavy atom. The van der Waals surface area contributed by atoms with E-state index < -0.39 is 0 Å². The van der Waals surface area contributed by atoms with E-state index in [1.54, 1.807) is 18.2 Å². The van der Waals surface area contributed by atoms with Gasteiger partial charge >= 0.3 is 0 Å². The van der Waals surface area contributed by atoms with Crippen molar-refractivity contribution in [1.82, 2.24) is 0 Å². The maximum absolute atomic E-state index is 12.4. The lowest BCUT2D eigenvalue weighted by atomic mass is 9.91. The number of carbonyl (C=O) groups is 1. The van der Waals surface area contributed by atoms with Crippen LogP contribution in [0.25, 0.3) is 0 Å². The van der Waals surface area contributed by atoms with E-state index in [0.29, 0.717) is 27.6 Å². The second kappa shape index (κ2) is 6.99. The van der Waals surface area contributed by atoms with Gasteiger partial charge in [-0.2, -0.15) is 0 Å². The van der Waals surface area contributed by atoms with Crippen LogP contribution in [0.5, 0.6) is 0 Å². The third-order valence-electron chi connectivity index (χ3n) is 4.22. The molecule has 116 valence electrons. The van der Waals surface area contributed by atoms with Crippen LogP contribution in [0.3, 0.4) is 0 Å². The highest BCUT2D eigenvalue weighted by atomic mass is 35.5. The van der Waals surface area contributed by atoms with Crippen LogP contribution in [0, 0.1) is 11.8 Å². The Bertz CT molecular complexity index is 511. The quantitative estimate of drug-likeness (QED) is 0.878. The molecule has 1 saturated heterocycles. The van der Waals surface area contributed by atoms with Crippen LogP contribution in [-0.4, -0.2) is 25.0 Å². The molecule has 0 spiro atoms. The van der Waals surface area contributed by atoms with Gasteiger partial charge in [0.05, 0.1) is 23.8 Å². The van der Waals surface area contributed by atoms with Crippen LogP contribution >= 0.6 is 23.2 Å². The van der Waals surface area contributed by atoms with Crippen LogP contribution in [0.15, 0.2) is 18.2 Å². The molecule has 1 aromatic rings. The molecular formula is C16H23Cl2N2O+. The van der Waals surface area contributed by atoms with Crippen LogP contribution in [0.1, 0.15) is 27.2 Å². The Morgan fingerprint density at radius 1 is 1.29 bits per heavy atom. The average Bonchev–Trinajstić information content (AvgIpc) is 2.40. The van der Waals surface area contributed by atoms with Crippen molar-refractivity contribution in [2.45, 2.75) is 33.2 Å². The molecule has 1 fully saturated rings. The van der Waals surface area contributed by atoms with Crippen molar-refractivity contribution in [3.8, 4) is 0 Å². The molecule has 1 aromatic carbocycles. The first-order chi connectivity index (χ1) is 9.86. The zero-order valence-corrected chi connectivity index (χ0v) is 14.3. The second-order valence-corrected chi connectivity index (χ2v) is 7.19. The lowest BCUT2D eigenvalue weighted by Crippen LogP contribution is -3.18. The molecule has 0 aliphatic carbocycles. The van der Waals surface area contributed by atoms with Crippen LogP contribution < -0.4 is 10.2 Å². The lowest BCUT2D eigenvalue weighted by molar-refractivity contribution is -0.925. The Kier molecular flexibility index (Phi) is 5.53. The number of hydrogen-bond acceptors (Lipinski definition) is 1. The minimum Gasteiger partial charge on any atom is -0.324 e. The number of rotatable bonds is 3. The van der Waals surface area contributed by atoms with Gasteiger partial charge in [-0.25, -0.2) is 0 Å². The Balaban J connectivity index is 2.02. The molecule has 2 N–H and O–H groups in total. The van der Waals surface area contributed by atoms with Gasteiger partial charge in [0.2, 0.25) is 0 Å². The Morgan fingerprint density at radius 2 is 1.90 bits per heavy atom. The van der Waals surface area contributed by atoms with Crippen molar-refractivity contribution in [2.75, 3.05) is 18.4 Å². The molecule has 3 atom stereocenters. The molecule has 0 saturated carbocycles. The predicted octanol–water partition coefficient (Wildman–Crippen LogP) is 2.88. The molecule has 1 aliphatic heterocycles. The number of quaternary nitrogens is 1. The van der Waals surface area contributed by atoms with Gasteiger partial charge in [0.1, 0.15) is 0 Å². The summed E-state index contributed by atoms with van der Waals surface area (Å²) < 4.78 is 0. The largest absolute Gasteiger partial charge is 0.324 e. The maximum Gasteiger partial charge on any atom is 0.282 e. The van der Waals surface area contributed by atoms with Crippen LogP contribution in [0.2, 0.25) is 10.0 Å². The number of likely N-dealkylation sites (tertiary alicyclic amines) is 1. The first kappa shape index (κ1) is 16.6. The lowest BCUT2D eigenvalue weighted by Gasteiger charge is -2.35. The van der Waals surface area contributed by atoms with E-state index in [2.05, 4.69) is 19.2 Å². The summed E-state index contributed by atoms with van der Waals surface area (Å²) in [5.41, 5.74) is 0.621. The zero-order valence-electron chi connectivity index (χ0n) is 12.7. The highest BCUT2D eigenvalue weighted by Gasteiger charge is 2.32. The summed E-state index contributed by atoms with van der Waals surface area (Å²) in [6, 6.07) is 5.03. The SMILES string of the molecule is C[C@H]1C[C@H](C)C[NH+]([C@@H](C)C(=O)Nc2ccc(Cl)cc2Cl)C1. The topological polar surface area (TPSA) is 33.5 Å². The van der Waals surface area contributed by atoms with Gasteiger partial charge in [0.25, 0.3) is 5.91 Å². The molecule has 21 heavy (non-hydrogen) atoms. The zero-order chi connectivity index (χ0) is 15.6. The number of benzene rings is 1. The van der Waals surface area contributed by atoms with Crippen molar-refractivity contribution in [2.24, 2.45) is 11.8 Å². The molecule has 0 radical (unpaired) electrons. The van der Waals surface area contributed by atoms with E-state index in [4.69, 9.17) is 23.2 Å². The third kappa shape index (κ3) is 4.35. The number of carbonyl (C=O) groups excluding carboxylic acids is 1. The highest BCUT2D eigenvalue weighted by molar-refractivity contribution is 6.36. The summed E-state index contributed by atoms with van der Waals surface area (Å²) >= 11 is 12.0. The number of nitrogens with one attached hydrogen (secondary N) is 2. The van der Waals surface area contributed by atoms with E-state index in [1.165, 1.54) is 11.3 Å². The third-order valence-corrected chi connectivity index (χ3v) is 4.77. The van der Waals surface area contributed by atoms with Gasteiger partial charge in [-0.15, -0.1) is 0 Å². The minimum absolute atomic E-state index is 0.00974. The molecule has 0 unspecified atom stereocenters. The molecule has 2 rings (SSSR count). The van der Waals surface area contributed by atoms with Crippen LogP contribution in [-0.2, 0) is 4.79 Å². The van der Waals surface area contributed by atoms with E-state index in [9.17, 15) is 4.79 Å². The summed E-state index contributed by atoms with van der Waals surface area (Å²) in [7, 11) is 0. The first-order valence-electron chi connectivity index (χ1n) is 7.47. The normalized spacial score (nSPS) is 27.2. The second-order valence-electron chi connectivity index (χ2n) is 6.35. The number of hydrogen-bond donors (Lipinski definition) is 2. The molecule has 3 nitrogen and oxygen atoms in total. The minimum atomic E-state index is -0.0815.